The van der Waals surface area contributed by atoms with Gasteiger partial charge in [-0.3, -0.25) is 0 Å². The van der Waals surface area contributed by atoms with E-state index >= 15 is 0 Å². The molecule has 7 nitrogen and oxygen atoms in total. The minimum absolute atomic E-state index is 0.482. The van der Waals surface area contributed by atoms with Gasteiger partial charge >= 0.3 is 17.6 Å². The zero-order valence-electron chi connectivity index (χ0n) is 19.6. The molecule has 0 aliphatic heterocycles. The number of rotatable bonds is 15. The highest BCUT2D eigenvalue weighted by molar-refractivity contribution is 8.03. The maximum Gasteiger partial charge on any atom is 0.527 e. The van der Waals surface area contributed by atoms with E-state index in [-0.39, 0.29) is 0 Å². The fourth-order valence-corrected chi connectivity index (χ4v) is 11.8. The molecule has 0 N–H and O–H groups in total. The Bertz CT molecular complexity index is 469. The van der Waals surface area contributed by atoms with Crippen molar-refractivity contribution < 1.29 is 26.6 Å². The van der Waals surface area contributed by atoms with E-state index in [1.807, 2.05) is 0 Å². The Balaban J connectivity index is 2.98. The van der Waals surface area contributed by atoms with Gasteiger partial charge in [-0.25, -0.2) is 0 Å². The van der Waals surface area contributed by atoms with Crippen LogP contribution in [0.4, 0.5) is 0 Å². The van der Waals surface area contributed by atoms with E-state index in [0.717, 1.165) is 13.1 Å². The van der Waals surface area contributed by atoms with E-state index in [2.05, 4.69) is 4.90 Å². The number of thiol groups is 4. The van der Waals surface area contributed by atoms with Gasteiger partial charge in [-0.15, -0.1) is 0 Å². The summed E-state index contributed by atoms with van der Waals surface area (Å²) >= 11 is 19.2. The second kappa shape index (κ2) is 13.6. The highest BCUT2D eigenvalue weighted by atomic mass is 32.2. The third kappa shape index (κ3) is 7.27. The summed E-state index contributed by atoms with van der Waals surface area (Å²) < 4.78 is 32.2. The second-order valence-electron chi connectivity index (χ2n) is 7.80. The molecule has 1 rings (SSSR count). The first-order valence-electron chi connectivity index (χ1n) is 10.5. The third-order valence-corrected chi connectivity index (χ3v) is 16.0. The van der Waals surface area contributed by atoms with Crippen molar-refractivity contribution in [2.45, 2.75) is 58.4 Å². The van der Waals surface area contributed by atoms with E-state index in [0.29, 0.717) is 18.9 Å². The van der Waals surface area contributed by atoms with Crippen molar-refractivity contribution >= 4 is 68.1 Å². The zero-order chi connectivity index (χ0) is 23.8. The predicted molar refractivity (Wildman–Crippen MR) is 143 cm³/mol. The molecule has 0 bridgehead atoms. The SMILES string of the molecule is CO[Si](OC)(OC)C(S)(S)CCN(CCC(S)(S)[Si](OC)(OC)OC)C1CCCCC1. The van der Waals surface area contributed by atoms with Crippen molar-refractivity contribution in [3.63, 3.8) is 0 Å². The summed E-state index contributed by atoms with van der Waals surface area (Å²) in [4.78, 5) is 2.47. The minimum Gasteiger partial charge on any atom is -0.376 e. The van der Waals surface area contributed by atoms with E-state index in [9.17, 15) is 0 Å². The predicted octanol–water partition coefficient (Wildman–Crippen LogP) is 3.35. The molecule has 0 amide bonds. The largest absolute Gasteiger partial charge is 0.527 e. The molecule has 0 aromatic rings. The van der Waals surface area contributed by atoms with Crippen LogP contribution < -0.4 is 0 Å². The summed E-state index contributed by atoms with van der Waals surface area (Å²) in [7, 11) is 3.40. The maximum absolute atomic E-state index is 5.64. The van der Waals surface area contributed by atoms with E-state index in [1.54, 1.807) is 42.7 Å². The topological polar surface area (TPSA) is 58.6 Å². The average molecular weight is 552 g/mol. The van der Waals surface area contributed by atoms with Crippen molar-refractivity contribution in [1.29, 1.82) is 0 Å². The molecule has 1 aliphatic carbocycles. The first-order chi connectivity index (χ1) is 14.5. The smallest absolute Gasteiger partial charge is 0.376 e. The van der Waals surface area contributed by atoms with Crippen molar-refractivity contribution in [2.24, 2.45) is 0 Å². The summed E-state index contributed by atoms with van der Waals surface area (Å²) in [6.07, 6.45) is 7.36. The maximum atomic E-state index is 5.64. The summed E-state index contributed by atoms with van der Waals surface area (Å²) in [6, 6.07) is 0.482. The van der Waals surface area contributed by atoms with Gasteiger partial charge in [-0.05, 0) is 25.7 Å². The Kier molecular flexibility index (Phi) is 13.4. The molecule has 0 aromatic heterocycles. The van der Waals surface area contributed by atoms with Gasteiger partial charge in [0.25, 0.3) is 0 Å². The minimum atomic E-state index is -3.05. The Morgan fingerprint density at radius 3 is 1.26 bits per heavy atom. The van der Waals surface area contributed by atoms with Crippen LogP contribution in [0.3, 0.4) is 0 Å². The molecule has 1 aliphatic rings. The molecule has 0 saturated heterocycles. The van der Waals surface area contributed by atoms with Crippen LogP contribution in [0.15, 0.2) is 0 Å². The van der Waals surface area contributed by atoms with Crippen LogP contribution >= 0.6 is 50.5 Å². The molecule has 31 heavy (non-hydrogen) atoms. The Labute approximate surface area is 213 Å². The lowest BCUT2D eigenvalue weighted by Crippen LogP contribution is -2.60. The lowest BCUT2D eigenvalue weighted by molar-refractivity contribution is 0.105. The highest BCUT2D eigenvalue weighted by Crippen LogP contribution is 2.39. The lowest BCUT2D eigenvalue weighted by Gasteiger charge is -2.42. The first-order valence-corrected chi connectivity index (χ1v) is 15.7. The van der Waals surface area contributed by atoms with Crippen LogP contribution in [-0.4, -0.2) is 91.7 Å². The molecular formula is C18H41NO6S4Si2. The van der Waals surface area contributed by atoms with Crippen LogP contribution in [0, 0.1) is 0 Å². The van der Waals surface area contributed by atoms with E-state index in [4.69, 9.17) is 77.1 Å². The van der Waals surface area contributed by atoms with Gasteiger partial charge in [0.15, 0.2) is 0 Å². The normalized spacial score (nSPS) is 17.5. The monoisotopic (exact) mass is 551 g/mol. The van der Waals surface area contributed by atoms with Crippen molar-refractivity contribution in [3.8, 4) is 0 Å². The Morgan fingerprint density at radius 2 is 0.968 bits per heavy atom. The van der Waals surface area contributed by atoms with Crippen molar-refractivity contribution in [2.75, 3.05) is 55.7 Å². The molecule has 1 saturated carbocycles. The van der Waals surface area contributed by atoms with Crippen LogP contribution in [0.2, 0.25) is 0 Å². The van der Waals surface area contributed by atoms with Gasteiger partial charge in [0.1, 0.15) is 7.40 Å². The molecule has 0 atom stereocenters. The quantitative estimate of drug-likeness (QED) is 0.141. The van der Waals surface area contributed by atoms with E-state index in [1.165, 1.54) is 32.1 Å². The molecule has 0 radical (unpaired) electrons. The standard InChI is InChI=1S/C18H41NO6S4Si2/c1-20-30(21-2,22-3)17(26,27)12-14-19(16-10-8-7-9-11-16)15-13-18(28,29)31(23-4,24-5)25-6/h16,26-29H,7-15H2,1-6H3. The second-order valence-corrected chi connectivity index (χ2v) is 19.6. The lowest BCUT2D eigenvalue weighted by atomic mass is 9.94. The van der Waals surface area contributed by atoms with Gasteiger partial charge in [-0.2, -0.15) is 50.5 Å². The molecule has 0 unspecified atom stereocenters. The van der Waals surface area contributed by atoms with Crippen molar-refractivity contribution in [1.82, 2.24) is 4.90 Å². The van der Waals surface area contributed by atoms with Crippen LogP contribution in [0.1, 0.15) is 44.9 Å². The molecule has 0 aromatic carbocycles. The van der Waals surface area contributed by atoms with Gasteiger partial charge in [0.05, 0.1) is 0 Å². The summed E-state index contributed by atoms with van der Waals surface area (Å²) in [5.74, 6) is 0. The average Bonchev–Trinajstić information content (AvgIpc) is 2.77. The van der Waals surface area contributed by atoms with Gasteiger partial charge < -0.3 is 31.5 Å². The summed E-state index contributed by atoms with van der Waals surface area (Å²) in [5.41, 5.74) is 0. The van der Waals surface area contributed by atoms with E-state index < -0.39 is 25.0 Å². The van der Waals surface area contributed by atoms with Gasteiger partial charge in [-0.1, -0.05) is 19.3 Å². The third-order valence-electron chi connectivity index (χ3n) is 6.18. The van der Waals surface area contributed by atoms with Crippen molar-refractivity contribution in [3.05, 3.63) is 0 Å². The zero-order valence-corrected chi connectivity index (χ0v) is 25.2. The molecule has 0 heterocycles. The number of hydrogen-bond donors (Lipinski definition) is 4. The van der Waals surface area contributed by atoms with Crippen LogP contribution in [0.5, 0.6) is 0 Å². The van der Waals surface area contributed by atoms with Crippen LogP contribution in [0.25, 0.3) is 0 Å². The first kappa shape index (κ1) is 30.6. The molecule has 0 spiro atoms. The van der Waals surface area contributed by atoms with Gasteiger partial charge in [0.2, 0.25) is 0 Å². The van der Waals surface area contributed by atoms with Gasteiger partial charge in [0, 0.05) is 61.8 Å². The molecule has 1 fully saturated rings. The molecular weight excluding hydrogens is 511 g/mol. The number of hydrogen-bond acceptors (Lipinski definition) is 11. The highest BCUT2D eigenvalue weighted by Gasteiger charge is 2.57. The fourth-order valence-electron chi connectivity index (χ4n) is 4.31. The van der Waals surface area contributed by atoms with Crippen LogP contribution in [-0.2, 0) is 26.6 Å². The Morgan fingerprint density at radius 1 is 0.645 bits per heavy atom. The summed E-state index contributed by atoms with van der Waals surface area (Å²) in [5, 5.41) is 0. The fraction of sp³-hybridized carbons (Fsp3) is 1.00. The Hall–Kier alpha value is 1.55. The summed E-state index contributed by atoms with van der Waals surface area (Å²) in [6.45, 7) is 1.53. The molecule has 186 valence electrons. The number of nitrogens with zero attached hydrogens (tertiary/aromatic N) is 1. The molecule has 13 heteroatoms.